The number of unbranched alkanes of at least 4 members (excludes halogenated alkanes) is 1. The molecule has 1 aliphatic heterocycles. The third kappa shape index (κ3) is 2.95. The molecule has 0 aromatic rings. The maximum absolute atomic E-state index is 11.7. The zero-order valence-corrected chi connectivity index (χ0v) is 9.69. The first-order chi connectivity index (χ1) is 7.70. The first-order valence-electron chi connectivity index (χ1n) is 5.59. The van der Waals surface area contributed by atoms with Gasteiger partial charge >= 0.3 is 6.03 Å². The van der Waals surface area contributed by atoms with Crippen molar-refractivity contribution < 1.29 is 9.59 Å². The van der Waals surface area contributed by atoms with Crippen LogP contribution < -0.4 is 10.7 Å². The first kappa shape index (κ1) is 12.5. The Morgan fingerprint density at radius 1 is 1.62 bits per heavy atom. The lowest BCUT2D eigenvalue weighted by Gasteiger charge is -2.28. The van der Waals surface area contributed by atoms with E-state index in [1.165, 1.54) is 11.2 Å². The van der Waals surface area contributed by atoms with Gasteiger partial charge in [0.05, 0.1) is 0 Å². The molecule has 2 N–H and O–H groups in total. The standard InChI is InChI=1S/C10H18N4O2/c1-3-5-6-11-10(16)14-7-12-13-9(15)8(14)4-2/h7-8H,3-6H2,1-2H3,(H,11,16)(H,13,15)/t8-/m0/s1. The molecule has 16 heavy (non-hydrogen) atoms. The van der Waals surface area contributed by atoms with Crippen LogP contribution in [0.25, 0.3) is 0 Å². The van der Waals surface area contributed by atoms with Gasteiger partial charge in [-0.3, -0.25) is 9.69 Å². The Hall–Kier alpha value is -1.59. The molecule has 1 rings (SSSR count). The number of hydrazone groups is 1. The lowest BCUT2D eigenvalue weighted by molar-refractivity contribution is -0.125. The van der Waals surface area contributed by atoms with Gasteiger partial charge < -0.3 is 5.32 Å². The highest BCUT2D eigenvalue weighted by atomic mass is 16.2. The molecule has 0 aliphatic carbocycles. The second kappa shape index (κ2) is 6.09. The van der Waals surface area contributed by atoms with Gasteiger partial charge in [0.2, 0.25) is 0 Å². The third-order valence-electron chi connectivity index (χ3n) is 2.42. The Balaban J connectivity index is 2.55. The Morgan fingerprint density at radius 2 is 2.38 bits per heavy atom. The number of nitrogens with zero attached hydrogens (tertiary/aromatic N) is 2. The zero-order valence-electron chi connectivity index (χ0n) is 9.69. The highest BCUT2D eigenvalue weighted by Crippen LogP contribution is 2.06. The molecule has 6 nitrogen and oxygen atoms in total. The van der Waals surface area contributed by atoms with Crippen molar-refractivity contribution in [1.29, 1.82) is 0 Å². The van der Waals surface area contributed by atoms with Crippen LogP contribution >= 0.6 is 0 Å². The lowest BCUT2D eigenvalue weighted by atomic mass is 10.2. The Kier molecular flexibility index (Phi) is 4.75. The van der Waals surface area contributed by atoms with Gasteiger partial charge in [-0.25, -0.2) is 10.2 Å². The predicted octanol–water partition coefficient (Wildman–Crippen LogP) is 0.650. The van der Waals surface area contributed by atoms with Gasteiger partial charge in [-0.1, -0.05) is 20.3 Å². The van der Waals surface area contributed by atoms with Crippen LogP contribution in [0.4, 0.5) is 4.79 Å². The van der Waals surface area contributed by atoms with Gasteiger partial charge in [-0.2, -0.15) is 5.10 Å². The molecule has 1 aliphatic rings. The minimum atomic E-state index is -0.459. The molecular weight excluding hydrogens is 208 g/mol. The average Bonchev–Trinajstić information content (AvgIpc) is 2.29. The maximum Gasteiger partial charge on any atom is 0.323 e. The maximum atomic E-state index is 11.7. The van der Waals surface area contributed by atoms with Crippen molar-refractivity contribution in [3.8, 4) is 0 Å². The average molecular weight is 226 g/mol. The summed E-state index contributed by atoms with van der Waals surface area (Å²) in [6.07, 6.45) is 3.88. The number of rotatable bonds is 4. The topological polar surface area (TPSA) is 73.8 Å². The van der Waals surface area contributed by atoms with Gasteiger partial charge in [0, 0.05) is 6.54 Å². The fourth-order valence-corrected chi connectivity index (χ4v) is 1.48. The van der Waals surface area contributed by atoms with Crippen LogP contribution in [0, 0.1) is 0 Å². The van der Waals surface area contributed by atoms with Crippen molar-refractivity contribution in [1.82, 2.24) is 15.6 Å². The number of urea groups is 1. The summed E-state index contributed by atoms with van der Waals surface area (Å²) < 4.78 is 0. The summed E-state index contributed by atoms with van der Waals surface area (Å²) in [5.41, 5.74) is 2.34. The van der Waals surface area contributed by atoms with Crippen molar-refractivity contribution in [2.24, 2.45) is 5.10 Å². The van der Waals surface area contributed by atoms with Crippen molar-refractivity contribution in [2.45, 2.75) is 39.2 Å². The van der Waals surface area contributed by atoms with E-state index in [1.807, 2.05) is 6.92 Å². The van der Waals surface area contributed by atoms with E-state index >= 15 is 0 Å². The van der Waals surface area contributed by atoms with Crippen LogP contribution in [0.1, 0.15) is 33.1 Å². The Bertz CT molecular complexity index is 291. The molecule has 0 saturated carbocycles. The second-order valence-electron chi connectivity index (χ2n) is 3.64. The van der Waals surface area contributed by atoms with E-state index in [-0.39, 0.29) is 11.9 Å². The molecule has 0 spiro atoms. The third-order valence-corrected chi connectivity index (χ3v) is 2.42. The van der Waals surface area contributed by atoms with Crippen molar-refractivity contribution in [3.63, 3.8) is 0 Å². The Morgan fingerprint density at radius 3 is 3.00 bits per heavy atom. The largest absolute Gasteiger partial charge is 0.338 e. The monoisotopic (exact) mass is 226 g/mol. The molecule has 0 fully saturated rings. The Labute approximate surface area is 95.1 Å². The number of amides is 3. The smallest absolute Gasteiger partial charge is 0.323 e. The molecule has 1 atom stereocenters. The molecule has 0 saturated heterocycles. The summed E-state index contributed by atoms with van der Waals surface area (Å²) in [5.74, 6) is -0.240. The summed E-state index contributed by atoms with van der Waals surface area (Å²) in [6, 6.07) is -0.724. The van der Waals surface area contributed by atoms with Crippen LogP contribution in [-0.2, 0) is 4.79 Å². The molecule has 0 radical (unpaired) electrons. The number of hydrogen-bond donors (Lipinski definition) is 2. The van der Waals surface area contributed by atoms with Crippen molar-refractivity contribution in [2.75, 3.05) is 6.54 Å². The van der Waals surface area contributed by atoms with E-state index in [4.69, 9.17) is 0 Å². The summed E-state index contributed by atoms with van der Waals surface area (Å²) in [7, 11) is 0. The summed E-state index contributed by atoms with van der Waals surface area (Å²) >= 11 is 0. The van der Waals surface area contributed by atoms with E-state index in [1.54, 1.807) is 0 Å². The quantitative estimate of drug-likeness (QED) is 0.691. The molecule has 90 valence electrons. The van der Waals surface area contributed by atoms with Crippen molar-refractivity contribution >= 4 is 18.3 Å². The summed E-state index contributed by atoms with van der Waals surface area (Å²) in [5, 5.41) is 6.38. The lowest BCUT2D eigenvalue weighted by Crippen LogP contribution is -2.54. The molecule has 0 aromatic heterocycles. The molecule has 0 bridgehead atoms. The minimum Gasteiger partial charge on any atom is -0.338 e. The number of carbonyl (C=O) groups excluding carboxylic acids is 2. The van der Waals surface area contributed by atoms with Gasteiger partial charge in [0.1, 0.15) is 12.4 Å². The molecule has 0 unspecified atom stereocenters. The normalized spacial score (nSPS) is 19.5. The number of nitrogens with one attached hydrogen (secondary N) is 2. The van der Waals surface area contributed by atoms with Crippen molar-refractivity contribution in [3.05, 3.63) is 0 Å². The van der Waals surface area contributed by atoms with Crippen LogP contribution in [0.5, 0.6) is 0 Å². The second-order valence-corrected chi connectivity index (χ2v) is 3.64. The van der Waals surface area contributed by atoms with E-state index < -0.39 is 6.04 Å². The highest BCUT2D eigenvalue weighted by molar-refractivity contribution is 5.96. The van der Waals surface area contributed by atoms with Gasteiger partial charge in [0.15, 0.2) is 0 Å². The fraction of sp³-hybridized carbons (Fsp3) is 0.700. The number of carbonyl (C=O) groups is 2. The van der Waals surface area contributed by atoms with E-state index in [9.17, 15) is 9.59 Å². The highest BCUT2D eigenvalue weighted by Gasteiger charge is 2.29. The summed E-state index contributed by atoms with van der Waals surface area (Å²) in [6.45, 7) is 4.53. The summed E-state index contributed by atoms with van der Waals surface area (Å²) in [4.78, 5) is 24.5. The van der Waals surface area contributed by atoms with Crippen LogP contribution in [-0.4, -0.2) is 35.8 Å². The van der Waals surface area contributed by atoms with Gasteiger partial charge in [-0.05, 0) is 12.8 Å². The molecular formula is C10H18N4O2. The van der Waals surface area contributed by atoms with Crippen LogP contribution in [0.15, 0.2) is 5.10 Å². The molecule has 3 amide bonds. The molecule has 0 aromatic carbocycles. The predicted molar refractivity (Wildman–Crippen MR) is 60.9 cm³/mol. The SMILES string of the molecule is CCCCNC(=O)N1C=NNC(=O)[C@@H]1CC. The van der Waals surface area contributed by atoms with Crippen LogP contribution in [0.2, 0.25) is 0 Å². The zero-order chi connectivity index (χ0) is 12.0. The van der Waals surface area contributed by atoms with Gasteiger partial charge in [0.25, 0.3) is 5.91 Å². The first-order valence-corrected chi connectivity index (χ1v) is 5.59. The fourth-order valence-electron chi connectivity index (χ4n) is 1.48. The molecule has 1 heterocycles. The van der Waals surface area contributed by atoms with E-state index in [0.717, 1.165) is 12.8 Å². The minimum absolute atomic E-state index is 0.240. The number of hydrogen-bond acceptors (Lipinski definition) is 3. The van der Waals surface area contributed by atoms with Gasteiger partial charge in [-0.15, -0.1) is 0 Å². The van der Waals surface area contributed by atoms with E-state index in [0.29, 0.717) is 13.0 Å². The van der Waals surface area contributed by atoms with E-state index in [2.05, 4.69) is 22.8 Å². The molecule has 6 heteroatoms. The van der Waals surface area contributed by atoms with Crippen LogP contribution in [0.3, 0.4) is 0 Å².